The van der Waals surface area contributed by atoms with E-state index >= 15 is 0 Å². The van der Waals surface area contributed by atoms with Crippen LogP contribution in [0, 0.1) is 30.1 Å². The molecule has 1 aromatic rings. The summed E-state index contributed by atoms with van der Waals surface area (Å²) >= 11 is 3.55. The van der Waals surface area contributed by atoms with Crippen molar-refractivity contribution in [3.05, 3.63) is 40.4 Å². The lowest BCUT2D eigenvalue weighted by molar-refractivity contribution is 0.0762. The van der Waals surface area contributed by atoms with Crippen LogP contribution < -0.4 is 0 Å². The van der Waals surface area contributed by atoms with Crippen LogP contribution in [0.25, 0.3) is 0 Å². The summed E-state index contributed by atoms with van der Waals surface area (Å²) in [5, 5.41) is 0. The van der Waals surface area contributed by atoms with Gasteiger partial charge in [-0.3, -0.25) is 4.18 Å². The average molecular weight is 441 g/mol. The van der Waals surface area contributed by atoms with Crippen molar-refractivity contribution in [1.29, 1.82) is 0 Å². The first-order valence-corrected chi connectivity index (χ1v) is 11.9. The molecule has 0 N–H and O–H groups in total. The molecule has 0 heterocycles. The van der Waals surface area contributed by atoms with E-state index in [0.717, 1.165) is 12.0 Å². The van der Waals surface area contributed by atoms with Gasteiger partial charge in [0.15, 0.2) is 0 Å². The number of hydrogen-bond donors (Lipinski definition) is 0. The Morgan fingerprint density at radius 3 is 2.65 bits per heavy atom. The van der Waals surface area contributed by atoms with E-state index in [2.05, 4.69) is 34.8 Å². The molecule has 0 saturated heterocycles. The van der Waals surface area contributed by atoms with Gasteiger partial charge >= 0.3 is 0 Å². The third-order valence-corrected chi connectivity index (χ3v) is 8.54. The van der Waals surface area contributed by atoms with E-state index in [9.17, 15) is 8.42 Å². The molecule has 1 aromatic carbocycles. The maximum atomic E-state index is 12.5. The van der Waals surface area contributed by atoms with Gasteiger partial charge in [-0.05, 0) is 79.3 Å². The summed E-state index contributed by atoms with van der Waals surface area (Å²) in [7, 11) is -3.69. The van der Waals surface area contributed by atoms with Crippen molar-refractivity contribution in [1.82, 2.24) is 0 Å². The highest BCUT2D eigenvalue weighted by atomic mass is 79.9. The molecule has 2 aliphatic carbocycles. The molecule has 0 aliphatic heterocycles. The Hall–Kier alpha value is -0.650. The quantitative estimate of drug-likeness (QED) is 0.540. The lowest BCUT2D eigenvalue weighted by Gasteiger charge is -2.44. The molecule has 2 aliphatic rings. The van der Waals surface area contributed by atoms with Gasteiger partial charge in [0.2, 0.25) is 0 Å². The molecule has 3 nitrogen and oxygen atoms in total. The van der Waals surface area contributed by atoms with Gasteiger partial charge in [0.25, 0.3) is 10.1 Å². The Bertz CT molecular complexity index is 769. The molecule has 0 bridgehead atoms. The van der Waals surface area contributed by atoms with Crippen molar-refractivity contribution in [3.8, 4) is 0 Å². The molecule has 26 heavy (non-hydrogen) atoms. The highest BCUT2D eigenvalue weighted by molar-refractivity contribution is 9.11. The second-order valence-electron chi connectivity index (χ2n) is 8.31. The summed E-state index contributed by atoms with van der Waals surface area (Å²) < 4.78 is 30.4. The van der Waals surface area contributed by atoms with Crippen molar-refractivity contribution < 1.29 is 12.6 Å². The molecule has 0 radical (unpaired) electrons. The molecule has 2 fully saturated rings. The summed E-state index contributed by atoms with van der Waals surface area (Å²) in [4.78, 5) is 2.37. The van der Waals surface area contributed by atoms with E-state index in [1.165, 1.54) is 31.3 Å². The summed E-state index contributed by atoms with van der Waals surface area (Å²) in [6, 6.07) is 6.85. The maximum Gasteiger partial charge on any atom is 0.296 e. The fourth-order valence-electron chi connectivity index (χ4n) is 5.23. The van der Waals surface area contributed by atoms with Crippen LogP contribution in [-0.4, -0.2) is 15.0 Å². The van der Waals surface area contributed by atoms with Crippen LogP contribution in [0.15, 0.2) is 39.7 Å². The van der Waals surface area contributed by atoms with Gasteiger partial charge in [-0.2, -0.15) is 8.42 Å². The largest absolute Gasteiger partial charge is 0.296 e. The maximum absolute atomic E-state index is 12.5. The zero-order valence-corrected chi connectivity index (χ0v) is 18.3. The van der Waals surface area contributed by atoms with E-state index in [1.54, 1.807) is 24.3 Å². The molecule has 144 valence electrons. The average Bonchev–Trinajstić information content (AvgIpc) is 2.97. The fourth-order valence-corrected chi connectivity index (χ4v) is 6.78. The summed E-state index contributed by atoms with van der Waals surface area (Å²) in [6.07, 6.45) is 5.98. The minimum atomic E-state index is -3.69. The van der Waals surface area contributed by atoms with Crippen molar-refractivity contribution in [2.45, 2.75) is 57.8 Å². The highest BCUT2D eigenvalue weighted by Crippen LogP contribution is 2.59. The number of halogens is 1. The molecule has 2 saturated carbocycles. The molecule has 3 rings (SSSR count). The van der Waals surface area contributed by atoms with E-state index < -0.39 is 10.1 Å². The SMILES string of the molecule is Cc1ccc(S(=O)(=O)OC[C@H](C)[C@H]2CCC3C(=CBr)CCC[C@@]32C)cc1. The number of aryl methyl sites for hydroxylation is 1. The van der Waals surface area contributed by atoms with E-state index in [1.807, 2.05) is 6.92 Å². The van der Waals surface area contributed by atoms with E-state index in [0.29, 0.717) is 11.8 Å². The predicted molar refractivity (Wildman–Crippen MR) is 109 cm³/mol. The first-order valence-electron chi connectivity index (χ1n) is 9.53. The summed E-state index contributed by atoms with van der Waals surface area (Å²) in [5.74, 6) is 1.35. The minimum absolute atomic E-state index is 0.222. The van der Waals surface area contributed by atoms with Crippen molar-refractivity contribution in [2.24, 2.45) is 23.2 Å². The lowest BCUT2D eigenvalue weighted by Crippen LogP contribution is -2.37. The van der Waals surface area contributed by atoms with Crippen LogP contribution in [0.3, 0.4) is 0 Å². The Morgan fingerprint density at radius 2 is 2.00 bits per heavy atom. The molecular formula is C21H29BrO3S. The standard InChI is InChI=1S/C21H29BrO3S/c1-15-6-8-18(9-7-15)26(23,24)25-14-16(2)19-10-11-20-17(13-22)5-4-12-21(19,20)3/h6-9,13,16,19-20H,4-5,10-12,14H2,1-3H3/t16-,19+,20?,21+/m0/s1. The van der Waals surface area contributed by atoms with Crippen molar-refractivity contribution in [2.75, 3.05) is 6.61 Å². The van der Waals surface area contributed by atoms with E-state index in [-0.39, 0.29) is 22.8 Å². The Morgan fingerprint density at radius 1 is 1.31 bits per heavy atom. The third kappa shape index (κ3) is 3.81. The second kappa shape index (κ2) is 7.76. The molecule has 4 atom stereocenters. The lowest BCUT2D eigenvalue weighted by atomic mass is 9.61. The molecule has 5 heteroatoms. The zero-order valence-electron chi connectivity index (χ0n) is 15.9. The Balaban J connectivity index is 1.68. The predicted octanol–water partition coefficient (Wildman–Crippen LogP) is 5.83. The number of rotatable bonds is 5. The van der Waals surface area contributed by atoms with Crippen LogP contribution >= 0.6 is 15.9 Å². The molecule has 1 unspecified atom stereocenters. The van der Waals surface area contributed by atoms with Gasteiger partial charge in [-0.25, -0.2) is 0 Å². The Kier molecular flexibility index (Phi) is 6.00. The number of benzene rings is 1. The van der Waals surface area contributed by atoms with Crippen LogP contribution in [0.4, 0.5) is 0 Å². The topological polar surface area (TPSA) is 43.4 Å². The van der Waals surface area contributed by atoms with Gasteiger partial charge in [-0.1, -0.05) is 53.0 Å². The first kappa shape index (κ1) is 20.1. The van der Waals surface area contributed by atoms with Gasteiger partial charge in [0.1, 0.15) is 0 Å². The van der Waals surface area contributed by atoms with Crippen LogP contribution in [-0.2, 0) is 14.3 Å². The van der Waals surface area contributed by atoms with Crippen molar-refractivity contribution in [3.63, 3.8) is 0 Å². The molecule has 0 spiro atoms. The normalized spacial score (nSPS) is 31.8. The van der Waals surface area contributed by atoms with Gasteiger partial charge < -0.3 is 0 Å². The van der Waals surface area contributed by atoms with Gasteiger partial charge in [0, 0.05) is 0 Å². The number of allylic oxidation sites excluding steroid dienone is 1. The highest BCUT2D eigenvalue weighted by Gasteiger charge is 2.50. The number of fused-ring (bicyclic) bond motifs is 1. The van der Waals surface area contributed by atoms with Crippen LogP contribution in [0.5, 0.6) is 0 Å². The van der Waals surface area contributed by atoms with E-state index in [4.69, 9.17) is 4.18 Å². The third-order valence-electron chi connectivity index (χ3n) is 6.66. The van der Waals surface area contributed by atoms with Gasteiger partial charge in [-0.15, -0.1) is 0 Å². The molecular weight excluding hydrogens is 412 g/mol. The smallest absolute Gasteiger partial charge is 0.266 e. The minimum Gasteiger partial charge on any atom is -0.266 e. The van der Waals surface area contributed by atoms with Crippen LogP contribution in [0.1, 0.15) is 51.5 Å². The van der Waals surface area contributed by atoms with Crippen molar-refractivity contribution >= 4 is 26.0 Å². The number of hydrogen-bond acceptors (Lipinski definition) is 3. The summed E-state index contributed by atoms with van der Waals surface area (Å²) in [5.41, 5.74) is 2.82. The fraction of sp³-hybridized carbons (Fsp3) is 0.619. The Labute approximate surface area is 166 Å². The first-order chi connectivity index (χ1) is 12.3. The monoisotopic (exact) mass is 440 g/mol. The molecule has 0 aromatic heterocycles. The summed E-state index contributed by atoms with van der Waals surface area (Å²) in [6.45, 7) is 6.75. The molecule has 0 amide bonds. The van der Waals surface area contributed by atoms with Crippen LogP contribution in [0.2, 0.25) is 0 Å². The zero-order chi connectivity index (χ0) is 18.9. The second-order valence-corrected chi connectivity index (χ2v) is 10.4. The van der Waals surface area contributed by atoms with Gasteiger partial charge in [0.05, 0.1) is 11.5 Å².